The lowest BCUT2D eigenvalue weighted by atomic mass is 9.82. The zero-order chi connectivity index (χ0) is 12.0. The summed E-state index contributed by atoms with van der Waals surface area (Å²) in [6.45, 7) is 11.6. The van der Waals surface area contributed by atoms with Gasteiger partial charge < -0.3 is 14.8 Å². The van der Waals surface area contributed by atoms with Gasteiger partial charge in [-0.15, -0.1) is 0 Å². The van der Waals surface area contributed by atoms with E-state index in [0.29, 0.717) is 5.41 Å². The molecule has 0 radical (unpaired) electrons. The van der Waals surface area contributed by atoms with Crippen LogP contribution in [0.3, 0.4) is 0 Å². The highest BCUT2D eigenvalue weighted by Crippen LogP contribution is 2.28. The van der Waals surface area contributed by atoms with E-state index in [2.05, 4.69) is 17.1 Å². The van der Waals surface area contributed by atoms with Gasteiger partial charge in [0.25, 0.3) is 0 Å². The highest BCUT2D eigenvalue weighted by Gasteiger charge is 2.26. The first kappa shape index (κ1) is 13.3. The molecular weight excluding hydrogens is 216 g/mol. The Kier molecular flexibility index (Phi) is 5.22. The third-order valence-corrected chi connectivity index (χ3v) is 3.96. The minimum atomic E-state index is 0.448. The van der Waals surface area contributed by atoms with Gasteiger partial charge in [-0.25, -0.2) is 0 Å². The van der Waals surface area contributed by atoms with Crippen LogP contribution in [0.1, 0.15) is 19.8 Å². The van der Waals surface area contributed by atoms with E-state index in [9.17, 15) is 0 Å². The van der Waals surface area contributed by atoms with Crippen LogP contribution in [0.2, 0.25) is 0 Å². The van der Waals surface area contributed by atoms with Crippen molar-refractivity contribution in [3.8, 4) is 0 Å². The van der Waals surface area contributed by atoms with Crippen molar-refractivity contribution in [2.45, 2.75) is 19.8 Å². The van der Waals surface area contributed by atoms with Gasteiger partial charge in [0.2, 0.25) is 0 Å². The smallest absolute Gasteiger partial charge is 0.0594 e. The fraction of sp³-hybridized carbons (Fsp3) is 1.00. The van der Waals surface area contributed by atoms with Gasteiger partial charge in [-0.2, -0.15) is 0 Å². The number of nitrogens with one attached hydrogen (secondary N) is 1. The van der Waals surface area contributed by atoms with E-state index >= 15 is 0 Å². The molecule has 0 aromatic heterocycles. The van der Waals surface area contributed by atoms with Crippen molar-refractivity contribution in [2.75, 3.05) is 59.2 Å². The Bertz CT molecular complexity index is 211. The molecular formula is C13H26N2O2. The minimum Gasteiger partial charge on any atom is -0.381 e. The molecule has 2 aliphatic rings. The van der Waals surface area contributed by atoms with Crippen molar-refractivity contribution in [1.82, 2.24) is 10.2 Å². The van der Waals surface area contributed by atoms with Gasteiger partial charge >= 0.3 is 0 Å². The number of hydrogen-bond acceptors (Lipinski definition) is 4. The van der Waals surface area contributed by atoms with Crippen molar-refractivity contribution in [3.05, 3.63) is 0 Å². The molecule has 2 fully saturated rings. The standard InChI is InChI=1S/C13H26N2O2/c1-13(2-8-16-9-3-13)12-14-4-5-15-6-10-17-11-7-15/h14H,2-12H2,1H3. The Balaban J connectivity index is 1.55. The van der Waals surface area contributed by atoms with Crippen LogP contribution in [0.4, 0.5) is 0 Å². The van der Waals surface area contributed by atoms with Gasteiger partial charge in [-0.1, -0.05) is 6.92 Å². The second kappa shape index (κ2) is 6.69. The van der Waals surface area contributed by atoms with E-state index in [1.165, 1.54) is 12.8 Å². The molecule has 0 aliphatic carbocycles. The van der Waals surface area contributed by atoms with E-state index < -0.39 is 0 Å². The third kappa shape index (κ3) is 4.54. The van der Waals surface area contributed by atoms with Crippen molar-refractivity contribution in [1.29, 1.82) is 0 Å². The highest BCUT2D eigenvalue weighted by atomic mass is 16.5. The molecule has 0 atom stereocenters. The number of nitrogens with zero attached hydrogens (tertiary/aromatic N) is 1. The van der Waals surface area contributed by atoms with Crippen LogP contribution in [0.25, 0.3) is 0 Å². The molecule has 0 aromatic rings. The molecule has 17 heavy (non-hydrogen) atoms. The highest BCUT2D eigenvalue weighted by molar-refractivity contribution is 4.79. The molecule has 0 amide bonds. The molecule has 2 aliphatic heterocycles. The molecule has 4 nitrogen and oxygen atoms in total. The topological polar surface area (TPSA) is 33.7 Å². The lowest BCUT2D eigenvalue weighted by Crippen LogP contribution is -2.43. The van der Waals surface area contributed by atoms with Crippen LogP contribution in [-0.4, -0.2) is 64.1 Å². The maximum Gasteiger partial charge on any atom is 0.0594 e. The van der Waals surface area contributed by atoms with Crippen molar-refractivity contribution in [3.63, 3.8) is 0 Å². The summed E-state index contributed by atoms with van der Waals surface area (Å²) in [6.07, 6.45) is 2.38. The Morgan fingerprint density at radius 2 is 1.71 bits per heavy atom. The number of morpholine rings is 1. The zero-order valence-corrected chi connectivity index (χ0v) is 11.0. The fourth-order valence-electron chi connectivity index (χ4n) is 2.49. The van der Waals surface area contributed by atoms with Crippen LogP contribution in [0.15, 0.2) is 0 Å². The predicted molar refractivity (Wildman–Crippen MR) is 68.3 cm³/mol. The quantitative estimate of drug-likeness (QED) is 0.721. The van der Waals surface area contributed by atoms with Crippen molar-refractivity contribution >= 4 is 0 Å². The van der Waals surface area contributed by atoms with E-state index in [1.807, 2.05) is 0 Å². The lowest BCUT2D eigenvalue weighted by Gasteiger charge is -2.34. The third-order valence-electron chi connectivity index (χ3n) is 3.96. The summed E-state index contributed by atoms with van der Waals surface area (Å²) in [6, 6.07) is 0. The first-order valence-electron chi connectivity index (χ1n) is 6.87. The molecule has 1 N–H and O–H groups in total. The Morgan fingerprint density at radius 3 is 2.41 bits per heavy atom. The van der Waals surface area contributed by atoms with E-state index in [0.717, 1.165) is 59.2 Å². The summed E-state index contributed by atoms with van der Waals surface area (Å²) in [5.74, 6) is 0. The van der Waals surface area contributed by atoms with Crippen LogP contribution in [0, 0.1) is 5.41 Å². The van der Waals surface area contributed by atoms with Gasteiger partial charge in [0, 0.05) is 45.9 Å². The van der Waals surface area contributed by atoms with E-state index in [-0.39, 0.29) is 0 Å². The summed E-state index contributed by atoms with van der Waals surface area (Å²) < 4.78 is 10.8. The van der Waals surface area contributed by atoms with E-state index in [4.69, 9.17) is 9.47 Å². The minimum absolute atomic E-state index is 0.448. The van der Waals surface area contributed by atoms with Crippen LogP contribution >= 0.6 is 0 Å². The molecule has 0 bridgehead atoms. The first-order valence-corrected chi connectivity index (χ1v) is 6.87. The molecule has 0 unspecified atom stereocenters. The molecule has 0 aromatic carbocycles. The number of ether oxygens (including phenoxy) is 2. The summed E-state index contributed by atoms with van der Waals surface area (Å²) >= 11 is 0. The molecule has 2 saturated heterocycles. The SMILES string of the molecule is CC1(CNCCN2CCOCC2)CCOCC1. The van der Waals surface area contributed by atoms with Crippen LogP contribution < -0.4 is 5.32 Å². The molecule has 4 heteroatoms. The molecule has 0 saturated carbocycles. The largest absolute Gasteiger partial charge is 0.381 e. The fourth-order valence-corrected chi connectivity index (χ4v) is 2.49. The summed E-state index contributed by atoms with van der Waals surface area (Å²) in [7, 11) is 0. The van der Waals surface area contributed by atoms with Crippen molar-refractivity contribution in [2.24, 2.45) is 5.41 Å². The first-order chi connectivity index (χ1) is 8.29. The van der Waals surface area contributed by atoms with Gasteiger partial charge in [-0.3, -0.25) is 4.90 Å². The summed E-state index contributed by atoms with van der Waals surface area (Å²) in [4.78, 5) is 2.48. The number of hydrogen-bond donors (Lipinski definition) is 1. The predicted octanol–water partition coefficient (Wildman–Crippen LogP) is 0.725. The molecule has 100 valence electrons. The average Bonchev–Trinajstić information content (AvgIpc) is 2.37. The van der Waals surface area contributed by atoms with Gasteiger partial charge in [-0.05, 0) is 18.3 Å². The van der Waals surface area contributed by atoms with Crippen LogP contribution in [0.5, 0.6) is 0 Å². The summed E-state index contributed by atoms with van der Waals surface area (Å²) in [5, 5.41) is 3.60. The normalized spacial score (nSPS) is 25.9. The second-order valence-electron chi connectivity index (χ2n) is 5.55. The Hall–Kier alpha value is -0.160. The van der Waals surface area contributed by atoms with Gasteiger partial charge in [0.05, 0.1) is 13.2 Å². The summed E-state index contributed by atoms with van der Waals surface area (Å²) in [5.41, 5.74) is 0.448. The average molecular weight is 242 g/mol. The van der Waals surface area contributed by atoms with Crippen molar-refractivity contribution < 1.29 is 9.47 Å². The number of rotatable bonds is 5. The molecule has 0 spiro atoms. The van der Waals surface area contributed by atoms with Gasteiger partial charge in [0.1, 0.15) is 0 Å². The molecule has 2 heterocycles. The monoisotopic (exact) mass is 242 g/mol. The van der Waals surface area contributed by atoms with E-state index in [1.54, 1.807) is 0 Å². The second-order valence-corrected chi connectivity index (χ2v) is 5.55. The maximum absolute atomic E-state index is 5.42. The molecule has 2 rings (SSSR count). The van der Waals surface area contributed by atoms with Gasteiger partial charge in [0.15, 0.2) is 0 Å². The maximum atomic E-state index is 5.42. The van der Waals surface area contributed by atoms with Crippen LogP contribution in [-0.2, 0) is 9.47 Å². The Morgan fingerprint density at radius 1 is 1.06 bits per heavy atom. The zero-order valence-electron chi connectivity index (χ0n) is 11.0. The Labute approximate surface area is 105 Å². The lowest BCUT2D eigenvalue weighted by molar-refractivity contribution is 0.0219.